The topological polar surface area (TPSA) is 55.4 Å². The molecule has 0 radical (unpaired) electrons. The van der Waals surface area contributed by atoms with Crippen LogP contribution in [-0.2, 0) is 28.4 Å². The fourth-order valence-electron chi connectivity index (χ4n) is 2.01. The minimum atomic E-state index is 0.141. The molecular weight excluding hydrogens is 288 g/mol. The highest BCUT2D eigenvalue weighted by molar-refractivity contribution is 4.57. The van der Waals surface area contributed by atoms with Crippen LogP contribution in [0.3, 0.4) is 0 Å². The fraction of sp³-hybridized carbons (Fsp3) is 1.00. The van der Waals surface area contributed by atoms with Gasteiger partial charge in [0.25, 0.3) is 0 Å². The van der Waals surface area contributed by atoms with Gasteiger partial charge in [-0.2, -0.15) is 0 Å². The molecule has 1 heterocycles. The Morgan fingerprint density at radius 1 is 0.636 bits per heavy atom. The van der Waals surface area contributed by atoms with Crippen LogP contribution in [0.2, 0.25) is 0 Å². The summed E-state index contributed by atoms with van der Waals surface area (Å²) in [6.07, 6.45) is 3.48. The number of hydrogen-bond donors (Lipinski definition) is 0. The second-order valence-electron chi connectivity index (χ2n) is 5.16. The molecule has 1 atom stereocenters. The predicted octanol–water partition coefficient (Wildman–Crippen LogP) is 1.66. The normalized spacial score (nSPS) is 25.2. The van der Waals surface area contributed by atoms with Gasteiger partial charge in [0.1, 0.15) is 0 Å². The van der Waals surface area contributed by atoms with Crippen LogP contribution in [0.4, 0.5) is 0 Å². The van der Waals surface area contributed by atoms with Crippen LogP contribution in [0.25, 0.3) is 0 Å². The lowest BCUT2D eigenvalue weighted by Gasteiger charge is -2.18. The van der Waals surface area contributed by atoms with E-state index in [9.17, 15) is 0 Å². The van der Waals surface area contributed by atoms with Crippen LogP contribution in [0.15, 0.2) is 0 Å². The number of hydrogen-bond acceptors (Lipinski definition) is 6. The van der Waals surface area contributed by atoms with Gasteiger partial charge in [-0.3, -0.25) is 0 Å². The van der Waals surface area contributed by atoms with Crippen molar-refractivity contribution in [1.82, 2.24) is 0 Å². The van der Waals surface area contributed by atoms with Crippen molar-refractivity contribution >= 4 is 0 Å². The Kier molecular flexibility index (Phi) is 14.1. The molecule has 1 unspecified atom stereocenters. The Labute approximate surface area is 134 Å². The molecule has 132 valence electrons. The molecule has 0 bridgehead atoms. The van der Waals surface area contributed by atoms with Gasteiger partial charge in [0.05, 0.1) is 78.8 Å². The van der Waals surface area contributed by atoms with Gasteiger partial charge in [0, 0.05) is 0 Å². The smallest absolute Gasteiger partial charge is 0.0809 e. The minimum absolute atomic E-state index is 0.141. The van der Waals surface area contributed by atoms with E-state index in [0.29, 0.717) is 72.7 Å². The molecular formula is C16H32O6. The van der Waals surface area contributed by atoms with Crippen molar-refractivity contribution in [3.63, 3.8) is 0 Å². The quantitative estimate of drug-likeness (QED) is 0.788. The van der Waals surface area contributed by atoms with Crippen molar-refractivity contribution in [2.45, 2.75) is 32.3 Å². The summed E-state index contributed by atoms with van der Waals surface area (Å²) < 4.78 is 33.2. The highest BCUT2D eigenvalue weighted by Crippen LogP contribution is 2.06. The first-order valence-corrected chi connectivity index (χ1v) is 8.43. The summed E-state index contributed by atoms with van der Waals surface area (Å²) in [5.74, 6) is 0. The lowest BCUT2D eigenvalue weighted by molar-refractivity contribution is -0.0627. The Morgan fingerprint density at radius 3 is 1.59 bits per heavy atom. The maximum absolute atomic E-state index is 5.84. The van der Waals surface area contributed by atoms with Crippen molar-refractivity contribution < 1.29 is 28.4 Å². The van der Waals surface area contributed by atoms with Crippen LogP contribution in [0, 0.1) is 0 Å². The molecule has 0 aliphatic carbocycles. The van der Waals surface area contributed by atoms with Gasteiger partial charge in [0.2, 0.25) is 0 Å². The zero-order valence-corrected chi connectivity index (χ0v) is 13.9. The maximum atomic E-state index is 5.84. The third-order valence-corrected chi connectivity index (χ3v) is 3.25. The van der Waals surface area contributed by atoms with Crippen molar-refractivity contribution in [3.05, 3.63) is 0 Å². The van der Waals surface area contributed by atoms with E-state index in [-0.39, 0.29) is 6.10 Å². The molecule has 1 rings (SSSR count). The van der Waals surface area contributed by atoms with Gasteiger partial charge in [-0.15, -0.1) is 0 Å². The van der Waals surface area contributed by atoms with E-state index in [1.54, 1.807) is 0 Å². The van der Waals surface area contributed by atoms with Gasteiger partial charge < -0.3 is 28.4 Å². The summed E-state index contributed by atoms with van der Waals surface area (Å²) in [6, 6.07) is 0. The molecule has 6 nitrogen and oxygen atoms in total. The average Bonchev–Trinajstić information content (AvgIpc) is 2.53. The molecule has 0 amide bonds. The zero-order valence-electron chi connectivity index (χ0n) is 13.9. The van der Waals surface area contributed by atoms with Crippen molar-refractivity contribution in [3.8, 4) is 0 Å². The van der Waals surface area contributed by atoms with Crippen molar-refractivity contribution in [2.24, 2.45) is 0 Å². The third kappa shape index (κ3) is 12.3. The Hall–Kier alpha value is -0.240. The molecule has 1 saturated heterocycles. The molecule has 1 fully saturated rings. The summed E-state index contributed by atoms with van der Waals surface area (Å²) in [5.41, 5.74) is 0. The molecule has 0 aromatic heterocycles. The second kappa shape index (κ2) is 15.6. The summed E-state index contributed by atoms with van der Waals surface area (Å²) in [6.45, 7) is 8.67. The molecule has 0 saturated carbocycles. The molecule has 0 N–H and O–H groups in total. The molecule has 22 heavy (non-hydrogen) atoms. The Bertz CT molecular complexity index is 209. The van der Waals surface area contributed by atoms with Crippen molar-refractivity contribution in [1.29, 1.82) is 0 Å². The molecule has 1 aliphatic rings. The molecule has 0 spiro atoms. The highest BCUT2D eigenvalue weighted by Gasteiger charge is 2.09. The first-order valence-electron chi connectivity index (χ1n) is 8.43. The Morgan fingerprint density at radius 2 is 1.09 bits per heavy atom. The van der Waals surface area contributed by atoms with E-state index in [2.05, 4.69) is 6.92 Å². The third-order valence-electron chi connectivity index (χ3n) is 3.25. The number of ether oxygens (including phenoxy) is 6. The summed E-state index contributed by atoms with van der Waals surface area (Å²) in [5, 5.41) is 0. The number of rotatable bonds is 3. The maximum Gasteiger partial charge on any atom is 0.0809 e. The minimum Gasteiger partial charge on any atom is -0.377 e. The van der Waals surface area contributed by atoms with Gasteiger partial charge in [-0.25, -0.2) is 0 Å². The standard InChI is InChI=1S/C16H32O6/c1-2-3-4-16-15-21-12-11-19-8-7-17-5-6-18-9-10-20-13-14-22-16/h16H,2-15H2,1H3. The van der Waals surface area contributed by atoms with Crippen molar-refractivity contribution in [2.75, 3.05) is 72.7 Å². The van der Waals surface area contributed by atoms with Gasteiger partial charge in [-0.1, -0.05) is 19.8 Å². The van der Waals surface area contributed by atoms with E-state index in [4.69, 9.17) is 28.4 Å². The van der Waals surface area contributed by atoms with Crippen LogP contribution in [-0.4, -0.2) is 78.8 Å². The lowest BCUT2D eigenvalue weighted by atomic mass is 10.2. The van der Waals surface area contributed by atoms with Gasteiger partial charge in [-0.05, 0) is 6.42 Å². The zero-order chi connectivity index (χ0) is 15.7. The largest absolute Gasteiger partial charge is 0.377 e. The monoisotopic (exact) mass is 320 g/mol. The van der Waals surface area contributed by atoms with E-state index in [0.717, 1.165) is 19.3 Å². The van der Waals surface area contributed by atoms with Crippen LogP contribution in [0.5, 0.6) is 0 Å². The molecule has 0 aromatic rings. The number of unbranched alkanes of at least 4 members (excludes halogenated alkanes) is 1. The van der Waals surface area contributed by atoms with E-state index in [1.807, 2.05) is 0 Å². The van der Waals surface area contributed by atoms with Crippen LogP contribution in [0.1, 0.15) is 26.2 Å². The fourth-order valence-corrected chi connectivity index (χ4v) is 2.01. The van der Waals surface area contributed by atoms with Crippen LogP contribution >= 0.6 is 0 Å². The first kappa shape index (κ1) is 19.8. The second-order valence-corrected chi connectivity index (χ2v) is 5.16. The van der Waals surface area contributed by atoms with Crippen LogP contribution < -0.4 is 0 Å². The summed E-state index contributed by atoms with van der Waals surface area (Å²) in [4.78, 5) is 0. The summed E-state index contributed by atoms with van der Waals surface area (Å²) in [7, 11) is 0. The van der Waals surface area contributed by atoms with Gasteiger partial charge >= 0.3 is 0 Å². The molecule has 1 aliphatic heterocycles. The van der Waals surface area contributed by atoms with E-state index < -0.39 is 0 Å². The summed E-state index contributed by atoms with van der Waals surface area (Å²) >= 11 is 0. The average molecular weight is 320 g/mol. The predicted molar refractivity (Wildman–Crippen MR) is 83.4 cm³/mol. The lowest BCUT2D eigenvalue weighted by Crippen LogP contribution is -2.24. The Balaban J connectivity index is 2.20. The molecule has 6 heteroatoms. The SMILES string of the molecule is CCCCC1COCCOCCOCCOCCOCCO1. The van der Waals surface area contributed by atoms with E-state index >= 15 is 0 Å². The highest BCUT2D eigenvalue weighted by atomic mass is 16.6. The van der Waals surface area contributed by atoms with Gasteiger partial charge in [0.15, 0.2) is 0 Å². The molecule has 0 aromatic carbocycles. The van der Waals surface area contributed by atoms with E-state index in [1.165, 1.54) is 0 Å². The first-order chi connectivity index (χ1) is 10.9.